The molecule has 0 bridgehead atoms. The van der Waals surface area contributed by atoms with E-state index < -0.39 is 74.3 Å². The molecule has 1 unspecified atom stereocenters. The van der Waals surface area contributed by atoms with Crippen LogP contribution in [0.4, 0.5) is 4.79 Å². The maximum Gasteiger partial charge on any atom is 0.408 e. The number of alkyl carbamates (subject to hydrolysis) is 1. The second-order valence-electron chi connectivity index (χ2n) is 14.8. The van der Waals surface area contributed by atoms with Crippen molar-refractivity contribution < 1.29 is 46.6 Å². The van der Waals surface area contributed by atoms with Gasteiger partial charge >= 0.3 is 6.09 Å². The fourth-order valence-corrected chi connectivity index (χ4v) is 7.66. The largest absolute Gasteiger partial charge is 0.497 e. The molecule has 53 heavy (non-hydrogen) atoms. The maximum atomic E-state index is 14.4. The van der Waals surface area contributed by atoms with E-state index in [4.69, 9.17) is 14.2 Å². The summed E-state index contributed by atoms with van der Waals surface area (Å²) in [6.07, 6.45) is 1.99. The van der Waals surface area contributed by atoms with Crippen LogP contribution >= 0.6 is 0 Å². The van der Waals surface area contributed by atoms with Crippen molar-refractivity contribution in [1.82, 2.24) is 25.2 Å². The highest BCUT2D eigenvalue weighted by atomic mass is 32.2. The summed E-state index contributed by atoms with van der Waals surface area (Å²) in [7, 11) is -2.38. The van der Waals surface area contributed by atoms with Gasteiger partial charge in [0.15, 0.2) is 5.78 Å². The lowest BCUT2D eigenvalue weighted by Crippen LogP contribution is -2.58. The van der Waals surface area contributed by atoms with Crippen molar-refractivity contribution in [1.29, 1.82) is 0 Å². The second-order valence-corrected chi connectivity index (χ2v) is 16.8. The monoisotopic (exact) mass is 753 g/mol. The van der Waals surface area contributed by atoms with Gasteiger partial charge in [-0.25, -0.2) is 18.2 Å². The van der Waals surface area contributed by atoms with E-state index in [1.54, 1.807) is 52.3 Å². The second kappa shape index (κ2) is 15.2. The number of hydrogen-bond acceptors (Lipinski definition) is 11. The molecule has 3 fully saturated rings. The Morgan fingerprint density at radius 2 is 1.87 bits per heavy atom. The average Bonchev–Trinajstić information content (AvgIpc) is 4.02. The molecule has 3 aliphatic rings. The van der Waals surface area contributed by atoms with Crippen molar-refractivity contribution in [2.75, 3.05) is 13.7 Å². The van der Waals surface area contributed by atoms with Crippen LogP contribution in [0.25, 0.3) is 10.8 Å². The first kappa shape index (κ1) is 39.2. The minimum Gasteiger partial charge on any atom is -0.497 e. The molecule has 2 aromatic rings. The number of likely N-dealkylation sites (tertiary alicyclic amines) is 1. The molecule has 5 rings (SSSR count). The molecule has 2 heterocycles. The van der Waals surface area contributed by atoms with Crippen LogP contribution in [0.3, 0.4) is 0 Å². The highest BCUT2D eigenvalue weighted by Gasteiger charge is 2.62. The normalized spacial score (nSPS) is 23.0. The number of aromatic nitrogens is 1. The van der Waals surface area contributed by atoms with Crippen LogP contribution in [0.2, 0.25) is 0 Å². The predicted octanol–water partition coefficient (Wildman–Crippen LogP) is 3.08. The van der Waals surface area contributed by atoms with Crippen molar-refractivity contribution in [3.8, 4) is 11.6 Å². The van der Waals surface area contributed by atoms with Gasteiger partial charge in [0.05, 0.1) is 18.9 Å². The van der Waals surface area contributed by atoms with Gasteiger partial charge in [0, 0.05) is 30.3 Å². The fourth-order valence-electron chi connectivity index (χ4n) is 6.30. The molecule has 0 radical (unpaired) electrons. The van der Waals surface area contributed by atoms with Gasteiger partial charge in [-0.2, -0.15) is 0 Å². The molecule has 16 heteroatoms. The summed E-state index contributed by atoms with van der Waals surface area (Å²) in [6, 6.07) is 4.58. The Balaban J connectivity index is 1.45. The van der Waals surface area contributed by atoms with E-state index in [1.165, 1.54) is 17.9 Å². The summed E-state index contributed by atoms with van der Waals surface area (Å²) in [5.41, 5.74) is -2.23. The molecule has 3 N–H and O–H groups in total. The predicted molar refractivity (Wildman–Crippen MR) is 194 cm³/mol. The number of Topliss-reactive ketones (excluding diaryl/α,β-unsaturated/α-hetero) is 1. The molecule has 4 amide bonds. The summed E-state index contributed by atoms with van der Waals surface area (Å²) < 4.78 is 44.6. The minimum absolute atomic E-state index is 0.0491. The van der Waals surface area contributed by atoms with Crippen LogP contribution in [-0.4, -0.2) is 96.1 Å². The number of pyridine rings is 1. The van der Waals surface area contributed by atoms with Gasteiger partial charge < -0.3 is 29.7 Å². The molecule has 1 aromatic heterocycles. The molecule has 1 aliphatic heterocycles. The molecule has 1 saturated heterocycles. The number of carbonyl (C=O) groups excluding carboxylic acids is 5. The number of methoxy groups -OCH3 is 1. The van der Waals surface area contributed by atoms with E-state index in [1.807, 2.05) is 6.07 Å². The Morgan fingerprint density at radius 1 is 1.15 bits per heavy atom. The smallest absolute Gasteiger partial charge is 0.408 e. The van der Waals surface area contributed by atoms with Gasteiger partial charge in [-0.3, -0.25) is 23.9 Å². The molecule has 5 atom stereocenters. The zero-order valence-corrected chi connectivity index (χ0v) is 31.4. The van der Waals surface area contributed by atoms with Gasteiger partial charge in [0.1, 0.15) is 35.1 Å². The lowest BCUT2D eigenvalue weighted by Gasteiger charge is -2.30. The number of nitrogens with zero attached hydrogens (tertiary/aromatic N) is 2. The number of sulfonamides is 1. The highest BCUT2D eigenvalue weighted by Crippen LogP contribution is 2.45. The van der Waals surface area contributed by atoms with Gasteiger partial charge in [-0.15, -0.1) is 6.58 Å². The van der Waals surface area contributed by atoms with Crippen LogP contribution in [0.1, 0.15) is 66.2 Å². The first-order chi connectivity index (χ1) is 24.9. The number of carbonyl (C=O) groups is 5. The molecular weight excluding hydrogens is 706 g/mol. The van der Waals surface area contributed by atoms with Crippen LogP contribution in [0.15, 0.2) is 55.3 Å². The molecule has 2 aliphatic carbocycles. The van der Waals surface area contributed by atoms with E-state index in [2.05, 4.69) is 33.5 Å². The van der Waals surface area contributed by atoms with E-state index >= 15 is 0 Å². The number of nitrogens with one attached hydrogen (secondary N) is 3. The van der Waals surface area contributed by atoms with Crippen LogP contribution in [0, 0.1) is 5.92 Å². The topological polar surface area (TPSA) is 199 Å². The zero-order chi connectivity index (χ0) is 38.9. The van der Waals surface area contributed by atoms with Crippen molar-refractivity contribution in [2.24, 2.45) is 5.92 Å². The Kier molecular flexibility index (Phi) is 11.2. The number of benzene rings is 1. The summed E-state index contributed by atoms with van der Waals surface area (Å²) in [6.45, 7) is 13.8. The van der Waals surface area contributed by atoms with Gasteiger partial charge in [-0.05, 0) is 88.6 Å². The third-order valence-electron chi connectivity index (χ3n) is 9.44. The molecular formula is C37H47N5O10S. The van der Waals surface area contributed by atoms with Gasteiger partial charge in [0.2, 0.25) is 27.7 Å². The first-order valence-electron chi connectivity index (χ1n) is 17.5. The van der Waals surface area contributed by atoms with E-state index in [0.717, 1.165) is 5.39 Å². The first-order valence-corrected chi connectivity index (χ1v) is 19.0. The number of hydrogen-bond donors (Lipinski definition) is 3. The summed E-state index contributed by atoms with van der Waals surface area (Å²) in [5, 5.41) is 6.06. The van der Waals surface area contributed by atoms with E-state index in [9.17, 15) is 32.4 Å². The van der Waals surface area contributed by atoms with Gasteiger partial charge in [0.25, 0.3) is 5.91 Å². The Bertz CT molecular complexity index is 1940. The summed E-state index contributed by atoms with van der Waals surface area (Å²) in [5.74, 6) is -2.33. The molecule has 286 valence electrons. The number of ether oxygens (including phenoxy) is 3. The standard InChI is InChI=1S/C37H47N5O10S/c1-8-23-19-37(23,34(46)41-53(48,49)26-10-11-26)40-31(44)29-18-25(51-32-27-12-9-24(50-7)17-22(27)15-16-38-32)20-42(29)33(45)28(13-14-30(43)21(2)3)39-35(47)52-36(4,5)6/h8-9,12,15-17,23,25-26,28-29H,1-2,10-11,13-14,18-20H2,3-7H3,(H,39,47)(H,40,44)(H,41,46)/t23-,25?,28+,29+,37-/m1/s1. The fraction of sp³-hybridized carbons (Fsp3) is 0.514. The molecule has 2 saturated carbocycles. The number of fused-ring (bicyclic) bond motifs is 1. The third-order valence-corrected chi connectivity index (χ3v) is 11.3. The minimum atomic E-state index is -3.93. The lowest BCUT2D eigenvalue weighted by atomic mass is 10.0. The number of rotatable bonds is 15. The van der Waals surface area contributed by atoms with Gasteiger partial charge in [-0.1, -0.05) is 12.7 Å². The SMILES string of the molecule is C=C[C@@H]1C[C@]1(NC(=O)[C@@H]1CC(Oc2nccc3cc(OC)ccc23)CN1C(=O)[C@H](CCC(=O)C(=C)C)NC(=O)OC(C)(C)C)C(=O)NS(=O)(=O)C1CC1. The lowest BCUT2D eigenvalue weighted by molar-refractivity contribution is -0.141. The Morgan fingerprint density at radius 3 is 2.47 bits per heavy atom. The van der Waals surface area contributed by atoms with Crippen molar-refractivity contribution >= 4 is 50.4 Å². The van der Waals surface area contributed by atoms with Crippen molar-refractivity contribution in [2.45, 2.75) is 101 Å². The average molecular weight is 754 g/mol. The van der Waals surface area contributed by atoms with Crippen LogP contribution < -0.4 is 24.8 Å². The third kappa shape index (κ3) is 9.15. The van der Waals surface area contributed by atoms with Crippen LogP contribution in [0.5, 0.6) is 11.6 Å². The van der Waals surface area contributed by atoms with E-state index in [-0.39, 0.29) is 49.5 Å². The van der Waals surface area contributed by atoms with Crippen molar-refractivity contribution in [3.63, 3.8) is 0 Å². The zero-order valence-electron chi connectivity index (χ0n) is 30.6. The number of allylic oxidation sites excluding steroid dienone is 1. The number of amides is 4. The summed E-state index contributed by atoms with van der Waals surface area (Å²) in [4.78, 5) is 73.2. The maximum absolute atomic E-state index is 14.4. The molecule has 15 nitrogen and oxygen atoms in total. The quantitative estimate of drug-likeness (QED) is 0.178. The molecule has 1 aromatic carbocycles. The summed E-state index contributed by atoms with van der Waals surface area (Å²) >= 11 is 0. The van der Waals surface area contributed by atoms with E-state index in [0.29, 0.717) is 24.0 Å². The number of ketones is 1. The van der Waals surface area contributed by atoms with Crippen molar-refractivity contribution in [3.05, 3.63) is 55.3 Å². The Labute approximate surface area is 308 Å². The Hall–Kier alpha value is -4.99. The van der Waals surface area contributed by atoms with Crippen LogP contribution in [-0.2, 0) is 33.9 Å². The highest BCUT2D eigenvalue weighted by molar-refractivity contribution is 7.91. The molecule has 0 spiro atoms.